The molecule has 0 N–H and O–H groups in total. The third-order valence-electron chi connectivity index (χ3n) is 7.82. The van der Waals surface area contributed by atoms with Gasteiger partial charge in [0.1, 0.15) is 6.17 Å². The summed E-state index contributed by atoms with van der Waals surface area (Å²) >= 11 is 0. The van der Waals surface area contributed by atoms with Gasteiger partial charge in [0.25, 0.3) is 0 Å². The Labute approximate surface area is 216 Å². The fraction of sp³-hybridized carbons (Fsp3) is 0.938. The van der Waals surface area contributed by atoms with Crippen LogP contribution in [0.4, 0.5) is 0 Å². The standard InChI is InChI=1S/C32H64N2/c1-4-7-10-13-14-15-16-17-18-19-20-21-24-27-32-33(28-25-22-11-8-5-2)30-31-34(32)29-26-23-12-9-6-3/h30-32H,4-29H2,1-3H3. The maximum atomic E-state index is 2.68. The average Bonchev–Trinajstić information content (AvgIpc) is 3.23. The topological polar surface area (TPSA) is 6.48 Å². The zero-order chi connectivity index (χ0) is 24.5. The second-order valence-electron chi connectivity index (χ2n) is 11.1. The summed E-state index contributed by atoms with van der Waals surface area (Å²) in [6, 6.07) is 0. The molecular formula is C32H64N2. The van der Waals surface area contributed by atoms with Gasteiger partial charge in [0.15, 0.2) is 0 Å². The number of hydrogen-bond acceptors (Lipinski definition) is 2. The highest BCUT2D eigenvalue weighted by Gasteiger charge is 2.24. The van der Waals surface area contributed by atoms with Crippen LogP contribution in [0, 0.1) is 0 Å². The molecule has 1 rings (SSSR count). The Morgan fingerprint density at radius 2 is 0.676 bits per heavy atom. The molecule has 34 heavy (non-hydrogen) atoms. The number of rotatable bonds is 26. The summed E-state index contributed by atoms with van der Waals surface area (Å²) < 4.78 is 0. The van der Waals surface area contributed by atoms with Crippen LogP contribution < -0.4 is 0 Å². The van der Waals surface area contributed by atoms with E-state index in [1.165, 1.54) is 167 Å². The average molecular weight is 477 g/mol. The lowest BCUT2D eigenvalue weighted by molar-refractivity contribution is 0.135. The van der Waals surface area contributed by atoms with Crippen LogP contribution in [0.3, 0.4) is 0 Å². The highest BCUT2D eigenvalue weighted by molar-refractivity contribution is 4.97. The van der Waals surface area contributed by atoms with Gasteiger partial charge in [-0.2, -0.15) is 0 Å². The van der Waals surface area contributed by atoms with Crippen LogP contribution in [0.5, 0.6) is 0 Å². The third-order valence-corrected chi connectivity index (χ3v) is 7.82. The molecule has 2 heteroatoms. The number of unbranched alkanes of at least 4 members (excludes halogenated alkanes) is 20. The molecule has 1 heterocycles. The highest BCUT2D eigenvalue weighted by Crippen LogP contribution is 2.24. The van der Waals surface area contributed by atoms with Gasteiger partial charge in [-0.25, -0.2) is 0 Å². The van der Waals surface area contributed by atoms with Crippen molar-refractivity contribution in [2.75, 3.05) is 13.1 Å². The Hall–Kier alpha value is -0.660. The fourth-order valence-corrected chi connectivity index (χ4v) is 5.48. The molecule has 0 fully saturated rings. The Kier molecular flexibility index (Phi) is 22.2. The predicted molar refractivity (Wildman–Crippen MR) is 154 cm³/mol. The van der Waals surface area contributed by atoms with Gasteiger partial charge in [0.05, 0.1) is 0 Å². The first kappa shape index (κ1) is 31.4. The lowest BCUT2D eigenvalue weighted by Gasteiger charge is -2.33. The molecule has 1 aliphatic heterocycles. The minimum atomic E-state index is 0.644. The zero-order valence-corrected chi connectivity index (χ0v) is 24.0. The molecule has 0 saturated heterocycles. The normalized spacial score (nSPS) is 14.1. The summed E-state index contributed by atoms with van der Waals surface area (Å²) in [5.41, 5.74) is 0. The van der Waals surface area contributed by atoms with Crippen LogP contribution >= 0.6 is 0 Å². The van der Waals surface area contributed by atoms with E-state index in [2.05, 4.69) is 43.0 Å². The van der Waals surface area contributed by atoms with Crippen LogP contribution in [0.25, 0.3) is 0 Å². The minimum absolute atomic E-state index is 0.644. The van der Waals surface area contributed by atoms with Gasteiger partial charge < -0.3 is 9.80 Å². The number of nitrogens with zero attached hydrogens (tertiary/aromatic N) is 2. The van der Waals surface area contributed by atoms with Crippen molar-refractivity contribution in [2.45, 2.75) is 181 Å². The molecule has 0 unspecified atom stereocenters. The van der Waals surface area contributed by atoms with E-state index >= 15 is 0 Å². The monoisotopic (exact) mass is 477 g/mol. The van der Waals surface area contributed by atoms with Crippen molar-refractivity contribution in [3.05, 3.63) is 12.4 Å². The SMILES string of the molecule is CCCCCCCCCCCCCCCC1N(CCCCCCC)C=CN1CCCCCCC. The maximum Gasteiger partial charge on any atom is 0.101 e. The lowest BCUT2D eigenvalue weighted by Crippen LogP contribution is -2.39. The third kappa shape index (κ3) is 16.9. The maximum absolute atomic E-state index is 2.68. The van der Waals surface area contributed by atoms with Gasteiger partial charge in [0.2, 0.25) is 0 Å². The smallest absolute Gasteiger partial charge is 0.101 e. The summed E-state index contributed by atoms with van der Waals surface area (Å²) in [6.45, 7) is 9.45. The highest BCUT2D eigenvalue weighted by atomic mass is 15.4. The Bertz CT molecular complexity index is 409. The van der Waals surface area contributed by atoms with Crippen LogP contribution in [0.15, 0.2) is 12.4 Å². The summed E-state index contributed by atoms with van der Waals surface area (Å²) in [6.07, 6.45) is 39.5. The van der Waals surface area contributed by atoms with E-state index in [0.717, 1.165) is 0 Å². The van der Waals surface area contributed by atoms with Crippen molar-refractivity contribution >= 4 is 0 Å². The molecule has 202 valence electrons. The molecule has 0 radical (unpaired) electrons. The van der Waals surface area contributed by atoms with Gasteiger partial charge in [-0.05, 0) is 25.7 Å². The predicted octanol–water partition coefficient (Wildman–Crippen LogP) is 10.8. The molecule has 0 spiro atoms. The van der Waals surface area contributed by atoms with Gasteiger partial charge in [0, 0.05) is 25.5 Å². The molecule has 1 aliphatic rings. The van der Waals surface area contributed by atoms with E-state index in [1.807, 2.05) is 0 Å². The van der Waals surface area contributed by atoms with Crippen molar-refractivity contribution in [3.8, 4) is 0 Å². The molecule has 0 aliphatic carbocycles. The van der Waals surface area contributed by atoms with E-state index in [1.54, 1.807) is 0 Å². The zero-order valence-electron chi connectivity index (χ0n) is 24.0. The van der Waals surface area contributed by atoms with Gasteiger partial charge >= 0.3 is 0 Å². The Balaban J connectivity index is 2.17. The Morgan fingerprint density at radius 3 is 1.03 bits per heavy atom. The largest absolute Gasteiger partial charge is 0.356 e. The van der Waals surface area contributed by atoms with E-state index < -0.39 is 0 Å². The molecule has 0 atom stereocenters. The molecule has 0 aromatic heterocycles. The van der Waals surface area contributed by atoms with Crippen molar-refractivity contribution in [2.24, 2.45) is 0 Å². The van der Waals surface area contributed by atoms with Crippen molar-refractivity contribution in [1.82, 2.24) is 9.80 Å². The molecule has 0 aromatic carbocycles. The second-order valence-corrected chi connectivity index (χ2v) is 11.1. The van der Waals surface area contributed by atoms with E-state index in [-0.39, 0.29) is 0 Å². The quantitative estimate of drug-likeness (QED) is 0.114. The van der Waals surface area contributed by atoms with E-state index in [4.69, 9.17) is 0 Å². The fourth-order valence-electron chi connectivity index (χ4n) is 5.48. The summed E-state index contributed by atoms with van der Waals surface area (Å²) in [4.78, 5) is 5.36. The summed E-state index contributed by atoms with van der Waals surface area (Å²) in [5.74, 6) is 0. The van der Waals surface area contributed by atoms with Crippen LogP contribution in [0.2, 0.25) is 0 Å². The molecule has 0 saturated carbocycles. The summed E-state index contributed by atoms with van der Waals surface area (Å²) in [5, 5.41) is 0. The van der Waals surface area contributed by atoms with Crippen molar-refractivity contribution < 1.29 is 0 Å². The molecule has 0 bridgehead atoms. The van der Waals surface area contributed by atoms with Crippen LogP contribution in [-0.4, -0.2) is 29.1 Å². The first-order valence-corrected chi connectivity index (χ1v) is 16.0. The molecule has 0 amide bonds. The van der Waals surface area contributed by atoms with E-state index in [0.29, 0.717) is 6.17 Å². The first-order chi connectivity index (χ1) is 16.8. The van der Waals surface area contributed by atoms with Crippen molar-refractivity contribution in [3.63, 3.8) is 0 Å². The van der Waals surface area contributed by atoms with Gasteiger partial charge in [-0.15, -0.1) is 0 Å². The van der Waals surface area contributed by atoms with Crippen molar-refractivity contribution in [1.29, 1.82) is 0 Å². The van der Waals surface area contributed by atoms with Crippen LogP contribution in [-0.2, 0) is 0 Å². The molecule has 0 aromatic rings. The molecule has 2 nitrogen and oxygen atoms in total. The second kappa shape index (κ2) is 24.1. The number of hydrogen-bond donors (Lipinski definition) is 0. The van der Waals surface area contributed by atoms with E-state index in [9.17, 15) is 0 Å². The first-order valence-electron chi connectivity index (χ1n) is 16.0. The van der Waals surface area contributed by atoms with Crippen LogP contribution in [0.1, 0.15) is 175 Å². The minimum Gasteiger partial charge on any atom is -0.356 e. The molecular weight excluding hydrogens is 412 g/mol. The summed E-state index contributed by atoms with van der Waals surface area (Å²) in [7, 11) is 0. The lowest BCUT2D eigenvalue weighted by atomic mass is 10.0. The van der Waals surface area contributed by atoms with Gasteiger partial charge in [-0.3, -0.25) is 0 Å². The van der Waals surface area contributed by atoms with Gasteiger partial charge in [-0.1, -0.05) is 149 Å². The Morgan fingerprint density at radius 1 is 0.382 bits per heavy atom.